The predicted octanol–water partition coefficient (Wildman–Crippen LogP) is 1.67. The van der Waals surface area contributed by atoms with E-state index in [1.54, 1.807) is 4.80 Å². The summed E-state index contributed by atoms with van der Waals surface area (Å²) in [6.07, 6.45) is 0. The van der Waals surface area contributed by atoms with Gasteiger partial charge in [-0.05, 0) is 35.0 Å². The van der Waals surface area contributed by atoms with Crippen LogP contribution in [0.25, 0.3) is 11.4 Å². The molecule has 0 radical (unpaired) electrons. The van der Waals surface area contributed by atoms with Gasteiger partial charge in [0.25, 0.3) is 0 Å². The molecule has 6 heteroatoms. The molecule has 100 valence electrons. The van der Waals surface area contributed by atoms with E-state index in [-0.39, 0.29) is 0 Å². The van der Waals surface area contributed by atoms with Crippen molar-refractivity contribution in [1.29, 1.82) is 0 Å². The van der Waals surface area contributed by atoms with Crippen molar-refractivity contribution in [3.63, 3.8) is 0 Å². The molecule has 0 fully saturated rings. The lowest BCUT2D eigenvalue weighted by atomic mass is 10.2. The van der Waals surface area contributed by atoms with Crippen LogP contribution in [0.2, 0.25) is 0 Å². The molecule has 1 heterocycles. The van der Waals surface area contributed by atoms with Crippen molar-refractivity contribution in [2.24, 2.45) is 5.84 Å². The second kappa shape index (κ2) is 5.50. The number of anilines is 1. The summed E-state index contributed by atoms with van der Waals surface area (Å²) >= 11 is 0. The Morgan fingerprint density at radius 1 is 1.00 bits per heavy atom. The van der Waals surface area contributed by atoms with Gasteiger partial charge in [0.05, 0.1) is 6.54 Å². The van der Waals surface area contributed by atoms with Gasteiger partial charge in [-0.25, -0.2) is 0 Å². The molecule has 0 aliphatic carbocycles. The number of nitrogens with two attached hydrogens (primary N) is 1. The molecular weight excluding hydrogens is 252 g/mol. The summed E-state index contributed by atoms with van der Waals surface area (Å²) in [5.74, 6) is 5.93. The van der Waals surface area contributed by atoms with Crippen molar-refractivity contribution in [1.82, 2.24) is 20.2 Å². The molecule has 0 aliphatic heterocycles. The van der Waals surface area contributed by atoms with Crippen LogP contribution in [-0.4, -0.2) is 20.2 Å². The number of nitrogens with one attached hydrogen (secondary N) is 1. The van der Waals surface area contributed by atoms with E-state index in [2.05, 4.69) is 20.8 Å². The zero-order valence-corrected chi connectivity index (χ0v) is 10.8. The Kier molecular flexibility index (Phi) is 3.38. The Balaban J connectivity index is 1.79. The van der Waals surface area contributed by atoms with Crippen molar-refractivity contribution in [2.75, 3.05) is 5.43 Å². The highest BCUT2D eigenvalue weighted by Crippen LogP contribution is 2.16. The van der Waals surface area contributed by atoms with Crippen LogP contribution in [0.3, 0.4) is 0 Å². The molecule has 3 N–H and O–H groups in total. The third-order valence-electron chi connectivity index (χ3n) is 2.93. The number of tetrazole rings is 1. The van der Waals surface area contributed by atoms with Crippen molar-refractivity contribution >= 4 is 5.69 Å². The first-order valence-electron chi connectivity index (χ1n) is 6.24. The van der Waals surface area contributed by atoms with Crippen LogP contribution in [-0.2, 0) is 6.54 Å². The normalized spacial score (nSPS) is 10.4. The molecule has 0 spiro atoms. The van der Waals surface area contributed by atoms with Crippen LogP contribution in [0.4, 0.5) is 5.69 Å². The maximum atomic E-state index is 5.33. The number of aromatic nitrogens is 4. The van der Waals surface area contributed by atoms with Gasteiger partial charge in [0.15, 0.2) is 0 Å². The summed E-state index contributed by atoms with van der Waals surface area (Å²) in [4.78, 5) is 1.58. The summed E-state index contributed by atoms with van der Waals surface area (Å²) in [5.41, 5.74) is 5.46. The van der Waals surface area contributed by atoms with Gasteiger partial charge in [-0.2, -0.15) is 4.80 Å². The molecule has 1 aromatic heterocycles. The summed E-state index contributed by atoms with van der Waals surface area (Å²) in [6.45, 7) is 0.607. The van der Waals surface area contributed by atoms with Crippen LogP contribution >= 0.6 is 0 Å². The molecule has 6 nitrogen and oxygen atoms in total. The Morgan fingerprint density at radius 2 is 1.75 bits per heavy atom. The summed E-state index contributed by atoms with van der Waals surface area (Å²) in [5, 5.41) is 12.5. The monoisotopic (exact) mass is 266 g/mol. The Hall–Kier alpha value is -2.73. The standard InChI is InChI=1S/C14H14N6/c15-16-13-8-6-12(7-9-13)14-17-19-20(18-14)10-11-4-2-1-3-5-11/h1-9,16H,10,15H2. The molecule has 0 saturated carbocycles. The summed E-state index contributed by atoms with van der Waals surface area (Å²) in [6, 6.07) is 17.6. The maximum absolute atomic E-state index is 5.33. The lowest BCUT2D eigenvalue weighted by molar-refractivity contribution is 0.573. The molecule has 0 saturated heterocycles. The predicted molar refractivity (Wildman–Crippen MR) is 76.6 cm³/mol. The highest BCUT2D eigenvalue weighted by Gasteiger charge is 2.06. The molecule has 0 unspecified atom stereocenters. The molecular formula is C14H14N6. The van der Waals surface area contributed by atoms with Crippen LogP contribution in [0.15, 0.2) is 54.6 Å². The number of hydrogen-bond donors (Lipinski definition) is 2. The first kappa shape index (κ1) is 12.3. The van der Waals surface area contributed by atoms with Crippen LogP contribution in [0.5, 0.6) is 0 Å². The number of rotatable bonds is 4. The Morgan fingerprint density at radius 3 is 2.45 bits per heavy atom. The zero-order chi connectivity index (χ0) is 13.8. The lowest BCUT2D eigenvalue weighted by Crippen LogP contribution is -2.06. The third kappa shape index (κ3) is 2.65. The molecule has 0 aliphatic rings. The lowest BCUT2D eigenvalue weighted by Gasteiger charge is -2.00. The summed E-state index contributed by atoms with van der Waals surface area (Å²) in [7, 11) is 0. The molecule has 2 aromatic carbocycles. The smallest absolute Gasteiger partial charge is 0.204 e. The first-order chi connectivity index (χ1) is 9.85. The van der Waals surface area contributed by atoms with Crippen molar-refractivity contribution in [3.8, 4) is 11.4 Å². The van der Waals surface area contributed by atoms with E-state index in [1.165, 1.54) is 0 Å². The first-order valence-corrected chi connectivity index (χ1v) is 6.24. The second-order valence-electron chi connectivity index (χ2n) is 4.35. The van der Waals surface area contributed by atoms with E-state index in [4.69, 9.17) is 5.84 Å². The quantitative estimate of drug-likeness (QED) is 0.554. The molecule has 0 bridgehead atoms. The zero-order valence-electron chi connectivity index (χ0n) is 10.8. The fourth-order valence-electron chi connectivity index (χ4n) is 1.89. The maximum Gasteiger partial charge on any atom is 0.204 e. The third-order valence-corrected chi connectivity index (χ3v) is 2.93. The topological polar surface area (TPSA) is 81.6 Å². The van der Waals surface area contributed by atoms with E-state index in [0.717, 1.165) is 16.8 Å². The number of benzene rings is 2. The number of hydrazine groups is 1. The second-order valence-corrected chi connectivity index (χ2v) is 4.35. The van der Waals surface area contributed by atoms with Crippen LogP contribution < -0.4 is 11.3 Å². The Labute approximate surface area is 116 Å². The van der Waals surface area contributed by atoms with Gasteiger partial charge >= 0.3 is 0 Å². The SMILES string of the molecule is NNc1ccc(-c2nnn(Cc3ccccc3)n2)cc1. The van der Waals surface area contributed by atoms with Crippen molar-refractivity contribution in [3.05, 3.63) is 60.2 Å². The van der Waals surface area contributed by atoms with Gasteiger partial charge in [-0.1, -0.05) is 30.3 Å². The van der Waals surface area contributed by atoms with Gasteiger partial charge in [-0.3, -0.25) is 5.84 Å². The molecule has 20 heavy (non-hydrogen) atoms. The highest BCUT2D eigenvalue weighted by molar-refractivity contribution is 5.58. The van der Waals surface area contributed by atoms with Crippen molar-refractivity contribution in [2.45, 2.75) is 6.54 Å². The number of nitrogen functional groups attached to an aromatic ring is 1. The van der Waals surface area contributed by atoms with Gasteiger partial charge in [0.2, 0.25) is 5.82 Å². The van der Waals surface area contributed by atoms with E-state index in [1.807, 2.05) is 54.6 Å². The number of hydrogen-bond acceptors (Lipinski definition) is 5. The molecule has 3 rings (SSSR count). The minimum Gasteiger partial charge on any atom is -0.324 e. The fourth-order valence-corrected chi connectivity index (χ4v) is 1.89. The van der Waals surface area contributed by atoms with Gasteiger partial charge in [0.1, 0.15) is 0 Å². The largest absolute Gasteiger partial charge is 0.324 e. The molecule has 0 amide bonds. The van der Waals surface area contributed by atoms with Gasteiger partial charge < -0.3 is 5.43 Å². The summed E-state index contributed by atoms with van der Waals surface area (Å²) < 4.78 is 0. The average molecular weight is 266 g/mol. The van der Waals surface area contributed by atoms with E-state index >= 15 is 0 Å². The van der Waals surface area contributed by atoms with Crippen LogP contribution in [0, 0.1) is 0 Å². The fraction of sp³-hybridized carbons (Fsp3) is 0.0714. The number of nitrogens with zero attached hydrogens (tertiary/aromatic N) is 4. The van der Waals surface area contributed by atoms with Crippen molar-refractivity contribution < 1.29 is 0 Å². The highest BCUT2D eigenvalue weighted by atomic mass is 15.6. The molecule has 0 atom stereocenters. The van der Waals surface area contributed by atoms with Crippen LogP contribution in [0.1, 0.15) is 5.56 Å². The minimum atomic E-state index is 0.601. The molecule has 3 aromatic rings. The van der Waals surface area contributed by atoms with E-state index in [0.29, 0.717) is 12.4 Å². The minimum absolute atomic E-state index is 0.601. The Bertz CT molecular complexity index is 674. The van der Waals surface area contributed by atoms with E-state index < -0.39 is 0 Å². The average Bonchev–Trinajstić information content (AvgIpc) is 2.97. The van der Waals surface area contributed by atoms with Gasteiger partial charge in [0, 0.05) is 11.3 Å². The van der Waals surface area contributed by atoms with E-state index in [9.17, 15) is 0 Å². The van der Waals surface area contributed by atoms with Gasteiger partial charge in [-0.15, -0.1) is 10.2 Å².